The highest BCUT2D eigenvalue weighted by molar-refractivity contribution is 7.99. The second-order valence-electron chi connectivity index (χ2n) is 3.60. The zero-order valence-electron chi connectivity index (χ0n) is 6.97. The normalized spacial score (nSPS) is 30.5. The summed E-state index contributed by atoms with van der Waals surface area (Å²) in [6.45, 7) is 1.02. The quantitative estimate of drug-likeness (QED) is 0.555. The average Bonchev–Trinajstić information content (AvgIpc) is 2.07. The van der Waals surface area contributed by atoms with Crippen molar-refractivity contribution in [3.8, 4) is 0 Å². The fourth-order valence-corrected chi connectivity index (χ4v) is 3.28. The van der Waals surface area contributed by atoms with E-state index in [9.17, 15) is 0 Å². The molecule has 0 radical (unpaired) electrons. The van der Waals surface area contributed by atoms with Crippen LogP contribution in [0.2, 0.25) is 0 Å². The first-order valence-electron chi connectivity index (χ1n) is 4.63. The molecule has 0 bridgehead atoms. The molecule has 2 aliphatic heterocycles. The van der Waals surface area contributed by atoms with Gasteiger partial charge in [-0.25, -0.2) is 0 Å². The van der Waals surface area contributed by atoms with E-state index in [2.05, 4.69) is 11.8 Å². The molecule has 1 nitrogen and oxygen atoms in total. The molecule has 2 heteroatoms. The summed E-state index contributed by atoms with van der Waals surface area (Å²) < 4.78 is 5.89. The maximum Gasteiger partial charge on any atom is 0.0698 e. The fourth-order valence-electron chi connectivity index (χ4n) is 2.05. The molecule has 2 saturated heterocycles. The maximum atomic E-state index is 5.89. The van der Waals surface area contributed by atoms with Gasteiger partial charge in [-0.15, -0.1) is 0 Å². The van der Waals surface area contributed by atoms with Crippen LogP contribution in [0.15, 0.2) is 0 Å². The van der Waals surface area contributed by atoms with Crippen molar-refractivity contribution >= 4 is 11.8 Å². The molecular formula is C9H16OS. The van der Waals surface area contributed by atoms with E-state index in [-0.39, 0.29) is 0 Å². The van der Waals surface area contributed by atoms with E-state index >= 15 is 0 Å². The van der Waals surface area contributed by atoms with E-state index in [0.29, 0.717) is 5.60 Å². The Morgan fingerprint density at radius 3 is 2.45 bits per heavy atom. The Hall–Kier alpha value is 0.310. The van der Waals surface area contributed by atoms with Gasteiger partial charge < -0.3 is 4.74 Å². The Kier molecular flexibility index (Phi) is 2.42. The van der Waals surface area contributed by atoms with E-state index in [1.807, 2.05) is 0 Å². The summed E-state index contributed by atoms with van der Waals surface area (Å²) in [4.78, 5) is 0. The highest BCUT2D eigenvalue weighted by atomic mass is 32.2. The summed E-state index contributed by atoms with van der Waals surface area (Å²) in [6.07, 6.45) is 6.61. The monoisotopic (exact) mass is 172 g/mol. The lowest BCUT2D eigenvalue weighted by atomic mass is 9.88. The van der Waals surface area contributed by atoms with Crippen LogP contribution < -0.4 is 0 Å². The first-order valence-corrected chi connectivity index (χ1v) is 5.79. The third-order valence-electron chi connectivity index (χ3n) is 2.84. The molecule has 2 aliphatic rings. The van der Waals surface area contributed by atoms with Crippen LogP contribution in [0, 0.1) is 0 Å². The van der Waals surface area contributed by atoms with Gasteiger partial charge in [-0.3, -0.25) is 0 Å². The number of hydrogen-bond acceptors (Lipinski definition) is 2. The van der Waals surface area contributed by atoms with Gasteiger partial charge in [-0.05, 0) is 43.6 Å². The second-order valence-corrected chi connectivity index (χ2v) is 4.83. The number of rotatable bonds is 0. The molecule has 2 heterocycles. The SMILES string of the molecule is C1CCC2(CCSCC2)OC1. The van der Waals surface area contributed by atoms with Crippen molar-refractivity contribution in [3.63, 3.8) is 0 Å². The minimum absolute atomic E-state index is 0.337. The third kappa shape index (κ3) is 1.73. The van der Waals surface area contributed by atoms with E-state index in [0.717, 1.165) is 6.61 Å². The zero-order valence-corrected chi connectivity index (χ0v) is 7.79. The molecule has 0 aromatic rings. The lowest BCUT2D eigenvalue weighted by Gasteiger charge is -2.40. The van der Waals surface area contributed by atoms with Crippen molar-refractivity contribution < 1.29 is 4.74 Å². The Morgan fingerprint density at radius 1 is 1.00 bits per heavy atom. The third-order valence-corrected chi connectivity index (χ3v) is 3.82. The van der Waals surface area contributed by atoms with Crippen LogP contribution in [0.25, 0.3) is 0 Å². The molecule has 0 saturated carbocycles. The first kappa shape index (κ1) is 7.93. The van der Waals surface area contributed by atoms with E-state index < -0.39 is 0 Å². The molecule has 0 aromatic heterocycles. The predicted molar refractivity (Wildman–Crippen MR) is 49.1 cm³/mol. The zero-order chi connectivity index (χ0) is 7.57. The molecule has 0 amide bonds. The molecule has 11 heavy (non-hydrogen) atoms. The molecule has 0 unspecified atom stereocenters. The lowest BCUT2D eigenvalue weighted by Crippen LogP contribution is -2.39. The van der Waals surface area contributed by atoms with Crippen molar-refractivity contribution in [2.75, 3.05) is 18.1 Å². The van der Waals surface area contributed by atoms with Gasteiger partial charge >= 0.3 is 0 Å². The number of thioether (sulfide) groups is 1. The van der Waals surface area contributed by atoms with E-state index in [1.165, 1.54) is 43.6 Å². The molecule has 64 valence electrons. The highest BCUT2D eigenvalue weighted by Crippen LogP contribution is 2.37. The van der Waals surface area contributed by atoms with Crippen molar-refractivity contribution in [2.24, 2.45) is 0 Å². The first-order chi connectivity index (χ1) is 5.41. The summed E-state index contributed by atoms with van der Waals surface area (Å²) in [5.41, 5.74) is 0.337. The Balaban J connectivity index is 1.94. The molecular weight excluding hydrogens is 156 g/mol. The lowest BCUT2D eigenvalue weighted by molar-refractivity contribution is -0.0828. The molecule has 1 spiro atoms. The van der Waals surface area contributed by atoms with Crippen LogP contribution >= 0.6 is 11.8 Å². The fraction of sp³-hybridized carbons (Fsp3) is 1.00. The van der Waals surface area contributed by atoms with Gasteiger partial charge in [-0.2, -0.15) is 11.8 Å². The molecule has 2 rings (SSSR count). The van der Waals surface area contributed by atoms with Gasteiger partial charge in [0.05, 0.1) is 5.60 Å². The topological polar surface area (TPSA) is 9.23 Å². The standard InChI is InChI=1S/C9H16OS/c1-2-6-10-9(3-1)4-7-11-8-5-9/h1-8H2. The largest absolute Gasteiger partial charge is 0.375 e. The van der Waals surface area contributed by atoms with Gasteiger partial charge in [0.15, 0.2) is 0 Å². The van der Waals surface area contributed by atoms with Crippen molar-refractivity contribution in [2.45, 2.75) is 37.7 Å². The van der Waals surface area contributed by atoms with Crippen LogP contribution in [-0.2, 0) is 4.74 Å². The molecule has 0 aliphatic carbocycles. The van der Waals surface area contributed by atoms with Crippen molar-refractivity contribution in [1.29, 1.82) is 0 Å². The summed E-state index contributed by atoms with van der Waals surface area (Å²) in [5, 5.41) is 0. The van der Waals surface area contributed by atoms with Gasteiger partial charge in [0, 0.05) is 6.61 Å². The average molecular weight is 172 g/mol. The van der Waals surface area contributed by atoms with Crippen LogP contribution in [0.1, 0.15) is 32.1 Å². The van der Waals surface area contributed by atoms with Gasteiger partial charge in [0.25, 0.3) is 0 Å². The smallest absolute Gasteiger partial charge is 0.0698 e. The van der Waals surface area contributed by atoms with Crippen LogP contribution in [0.3, 0.4) is 0 Å². The molecule has 0 N–H and O–H groups in total. The minimum Gasteiger partial charge on any atom is -0.375 e. The number of hydrogen-bond donors (Lipinski definition) is 0. The maximum absolute atomic E-state index is 5.89. The van der Waals surface area contributed by atoms with E-state index in [4.69, 9.17) is 4.74 Å². The van der Waals surface area contributed by atoms with Gasteiger partial charge in [0.1, 0.15) is 0 Å². The van der Waals surface area contributed by atoms with Crippen molar-refractivity contribution in [3.05, 3.63) is 0 Å². The van der Waals surface area contributed by atoms with Crippen LogP contribution in [-0.4, -0.2) is 23.7 Å². The number of ether oxygens (including phenoxy) is 1. The minimum atomic E-state index is 0.337. The Morgan fingerprint density at radius 2 is 1.82 bits per heavy atom. The highest BCUT2D eigenvalue weighted by Gasteiger charge is 2.34. The van der Waals surface area contributed by atoms with Crippen molar-refractivity contribution in [1.82, 2.24) is 0 Å². The summed E-state index contributed by atoms with van der Waals surface area (Å²) in [6, 6.07) is 0. The molecule has 2 fully saturated rings. The van der Waals surface area contributed by atoms with Crippen LogP contribution in [0.5, 0.6) is 0 Å². The predicted octanol–water partition coefficient (Wildman–Crippen LogP) is 2.45. The summed E-state index contributed by atoms with van der Waals surface area (Å²) >= 11 is 2.08. The molecule has 0 atom stereocenters. The van der Waals surface area contributed by atoms with Crippen LogP contribution in [0.4, 0.5) is 0 Å². The van der Waals surface area contributed by atoms with Gasteiger partial charge in [0.2, 0.25) is 0 Å². The van der Waals surface area contributed by atoms with Gasteiger partial charge in [-0.1, -0.05) is 0 Å². The summed E-state index contributed by atoms with van der Waals surface area (Å²) in [5.74, 6) is 2.64. The van der Waals surface area contributed by atoms with E-state index in [1.54, 1.807) is 0 Å². The molecule has 0 aromatic carbocycles. The Bertz CT molecular complexity index is 104. The Labute approximate surface area is 72.9 Å². The second kappa shape index (κ2) is 3.36. The summed E-state index contributed by atoms with van der Waals surface area (Å²) in [7, 11) is 0.